The van der Waals surface area contributed by atoms with Gasteiger partial charge >= 0.3 is 0 Å². The lowest BCUT2D eigenvalue weighted by Crippen LogP contribution is -2.53. The van der Waals surface area contributed by atoms with Crippen LogP contribution in [0.4, 0.5) is 0 Å². The van der Waals surface area contributed by atoms with Gasteiger partial charge in [-0.2, -0.15) is 0 Å². The van der Waals surface area contributed by atoms with Gasteiger partial charge in [0.2, 0.25) is 0 Å². The van der Waals surface area contributed by atoms with Crippen LogP contribution in [0.25, 0.3) is 0 Å². The molecule has 0 aromatic carbocycles. The van der Waals surface area contributed by atoms with Crippen molar-refractivity contribution in [3.05, 3.63) is 0 Å². The molecule has 2 unspecified atom stereocenters. The zero-order valence-electron chi connectivity index (χ0n) is 14.9. The molecule has 4 rings (SSSR count). The Kier molecular flexibility index (Phi) is 4.11. The van der Waals surface area contributed by atoms with E-state index in [4.69, 9.17) is 11.6 Å². The molecule has 4 saturated carbocycles. The fourth-order valence-electron chi connectivity index (χ4n) is 7.90. The van der Waals surface area contributed by atoms with Crippen molar-refractivity contribution in [2.24, 2.45) is 40.4 Å². The lowest BCUT2D eigenvalue weighted by molar-refractivity contribution is -0.117. The van der Waals surface area contributed by atoms with Crippen LogP contribution in [0, 0.1) is 40.4 Å². The fourth-order valence-corrected chi connectivity index (χ4v) is 8.36. The molecular formula is C21H33ClO. The highest BCUT2D eigenvalue weighted by Crippen LogP contribution is 2.67. The molecule has 2 heteroatoms. The van der Waals surface area contributed by atoms with Gasteiger partial charge in [-0.05, 0) is 98.2 Å². The standard InChI is InChI=1S/C21H33ClO/c1-20-11-9-19-17(18(20)8-5-15(20)10-12-23)7-4-14-3-6-16(22)13-21(14,19)2/h12,14-19H,3-11,13H2,1-2H3/t14?,15-,16?,17+,18+,19+,20-,21+/m1/s1. The summed E-state index contributed by atoms with van der Waals surface area (Å²) in [6.45, 7) is 5.11. The summed E-state index contributed by atoms with van der Waals surface area (Å²) in [5.74, 6) is 4.27. The van der Waals surface area contributed by atoms with E-state index in [0.29, 0.717) is 22.1 Å². The van der Waals surface area contributed by atoms with Crippen LogP contribution in [0.1, 0.15) is 78.1 Å². The molecule has 23 heavy (non-hydrogen) atoms. The molecule has 0 heterocycles. The maximum atomic E-state index is 11.1. The van der Waals surface area contributed by atoms with E-state index >= 15 is 0 Å². The Morgan fingerprint density at radius 1 is 0.957 bits per heavy atom. The van der Waals surface area contributed by atoms with E-state index in [0.717, 1.165) is 30.1 Å². The van der Waals surface area contributed by atoms with Crippen LogP contribution in [0.3, 0.4) is 0 Å². The number of carbonyl (C=O) groups excluding carboxylic acids is 1. The second kappa shape index (κ2) is 5.75. The Morgan fingerprint density at radius 2 is 1.70 bits per heavy atom. The molecule has 0 amide bonds. The van der Waals surface area contributed by atoms with Crippen molar-refractivity contribution in [2.75, 3.05) is 0 Å². The van der Waals surface area contributed by atoms with Crippen molar-refractivity contribution < 1.29 is 4.79 Å². The lowest BCUT2D eigenvalue weighted by Gasteiger charge is -2.61. The summed E-state index contributed by atoms with van der Waals surface area (Å²) in [6.07, 6.45) is 14.1. The maximum absolute atomic E-state index is 11.1. The molecule has 0 aromatic heterocycles. The summed E-state index contributed by atoms with van der Waals surface area (Å²) in [7, 11) is 0. The highest BCUT2D eigenvalue weighted by Gasteiger charge is 2.59. The van der Waals surface area contributed by atoms with Gasteiger partial charge < -0.3 is 4.79 Å². The van der Waals surface area contributed by atoms with Gasteiger partial charge in [0.05, 0.1) is 0 Å². The van der Waals surface area contributed by atoms with Crippen molar-refractivity contribution in [1.29, 1.82) is 0 Å². The molecule has 0 aliphatic heterocycles. The van der Waals surface area contributed by atoms with Crippen LogP contribution in [0.2, 0.25) is 0 Å². The van der Waals surface area contributed by atoms with E-state index in [1.807, 2.05) is 0 Å². The topological polar surface area (TPSA) is 17.1 Å². The van der Waals surface area contributed by atoms with E-state index < -0.39 is 0 Å². The first-order valence-corrected chi connectivity index (χ1v) is 10.5. The average molecular weight is 337 g/mol. The number of rotatable bonds is 2. The van der Waals surface area contributed by atoms with Gasteiger partial charge in [-0.3, -0.25) is 0 Å². The van der Waals surface area contributed by atoms with Gasteiger partial charge in [-0.15, -0.1) is 11.6 Å². The molecule has 130 valence electrons. The first-order valence-electron chi connectivity index (χ1n) is 10.1. The van der Waals surface area contributed by atoms with E-state index in [2.05, 4.69) is 13.8 Å². The fraction of sp³-hybridized carbons (Fsp3) is 0.952. The van der Waals surface area contributed by atoms with Crippen LogP contribution in [-0.4, -0.2) is 11.7 Å². The first kappa shape index (κ1) is 16.4. The molecule has 4 aliphatic carbocycles. The third-order valence-corrected chi connectivity index (χ3v) is 9.50. The Morgan fingerprint density at radius 3 is 2.48 bits per heavy atom. The maximum Gasteiger partial charge on any atom is 0.120 e. The lowest BCUT2D eigenvalue weighted by atomic mass is 9.45. The summed E-state index contributed by atoms with van der Waals surface area (Å²) < 4.78 is 0. The van der Waals surface area contributed by atoms with Crippen molar-refractivity contribution in [3.63, 3.8) is 0 Å². The molecule has 4 aliphatic rings. The minimum atomic E-state index is 0.412. The van der Waals surface area contributed by atoms with E-state index in [9.17, 15) is 4.79 Å². The minimum Gasteiger partial charge on any atom is -0.303 e. The average Bonchev–Trinajstić information content (AvgIpc) is 2.84. The molecule has 0 saturated heterocycles. The molecule has 0 bridgehead atoms. The third-order valence-electron chi connectivity index (χ3n) is 9.13. The molecule has 0 N–H and O–H groups in total. The van der Waals surface area contributed by atoms with Gasteiger partial charge in [0.25, 0.3) is 0 Å². The molecule has 4 fully saturated rings. The van der Waals surface area contributed by atoms with Gasteiger partial charge in [0.1, 0.15) is 6.29 Å². The summed E-state index contributed by atoms with van der Waals surface area (Å²) in [4.78, 5) is 11.1. The Bertz CT molecular complexity index is 476. The second-order valence-electron chi connectivity index (χ2n) is 9.76. The zero-order chi connectivity index (χ0) is 16.2. The monoisotopic (exact) mass is 336 g/mol. The SMILES string of the molecule is C[C@]12CC[C@H]3[C@@H](CCC4CCC(Cl)C[C@@]43C)[C@@H]1CC[C@@H]2CC=O. The summed E-state index contributed by atoms with van der Waals surface area (Å²) >= 11 is 6.62. The van der Waals surface area contributed by atoms with Gasteiger partial charge in [0, 0.05) is 11.8 Å². The van der Waals surface area contributed by atoms with E-state index in [1.54, 1.807) is 0 Å². The quantitative estimate of drug-likeness (QED) is 0.457. The number of fused-ring (bicyclic) bond motifs is 5. The molecule has 0 spiro atoms. The first-order chi connectivity index (χ1) is 11.0. The third kappa shape index (κ3) is 2.35. The molecule has 0 aromatic rings. The molecule has 8 atom stereocenters. The Labute approximate surface area is 146 Å². The van der Waals surface area contributed by atoms with E-state index in [1.165, 1.54) is 64.1 Å². The van der Waals surface area contributed by atoms with Crippen LogP contribution in [0.5, 0.6) is 0 Å². The molecule has 1 nitrogen and oxygen atoms in total. The van der Waals surface area contributed by atoms with Gasteiger partial charge in [-0.1, -0.05) is 13.8 Å². The van der Waals surface area contributed by atoms with Crippen molar-refractivity contribution in [1.82, 2.24) is 0 Å². The number of halogens is 1. The smallest absolute Gasteiger partial charge is 0.120 e. The highest BCUT2D eigenvalue weighted by molar-refractivity contribution is 6.20. The largest absolute Gasteiger partial charge is 0.303 e. The predicted octanol–water partition coefficient (Wildman–Crippen LogP) is 5.84. The zero-order valence-corrected chi connectivity index (χ0v) is 15.7. The highest BCUT2D eigenvalue weighted by atomic mass is 35.5. The molecular weight excluding hydrogens is 304 g/mol. The van der Waals surface area contributed by atoms with Crippen molar-refractivity contribution >= 4 is 17.9 Å². The molecule has 0 radical (unpaired) electrons. The summed E-state index contributed by atoms with van der Waals surface area (Å²) in [6, 6.07) is 0. The number of carbonyl (C=O) groups is 1. The number of hydrogen-bond donors (Lipinski definition) is 0. The predicted molar refractivity (Wildman–Crippen MR) is 95.5 cm³/mol. The van der Waals surface area contributed by atoms with Crippen molar-refractivity contribution in [3.8, 4) is 0 Å². The summed E-state index contributed by atoms with van der Waals surface area (Å²) in [5.41, 5.74) is 0.942. The van der Waals surface area contributed by atoms with E-state index in [-0.39, 0.29) is 0 Å². The minimum absolute atomic E-state index is 0.412. The normalized spacial score (nSPS) is 55.6. The second-order valence-corrected chi connectivity index (χ2v) is 10.4. The van der Waals surface area contributed by atoms with Crippen molar-refractivity contribution in [2.45, 2.75) is 83.4 Å². The van der Waals surface area contributed by atoms with Crippen LogP contribution in [0.15, 0.2) is 0 Å². The van der Waals surface area contributed by atoms with Crippen LogP contribution >= 0.6 is 11.6 Å². The Hall–Kier alpha value is -0.0400. The van der Waals surface area contributed by atoms with Crippen LogP contribution < -0.4 is 0 Å². The number of alkyl halides is 1. The summed E-state index contributed by atoms with van der Waals surface area (Å²) in [5, 5.41) is 0.412. The van der Waals surface area contributed by atoms with Crippen LogP contribution in [-0.2, 0) is 4.79 Å². The number of aldehydes is 1. The van der Waals surface area contributed by atoms with Gasteiger partial charge in [0.15, 0.2) is 0 Å². The number of hydrogen-bond acceptors (Lipinski definition) is 1. The van der Waals surface area contributed by atoms with Gasteiger partial charge in [-0.25, -0.2) is 0 Å². The Balaban J connectivity index is 1.61.